The van der Waals surface area contributed by atoms with Crippen molar-refractivity contribution in [2.24, 2.45) is 0 Å². The van der Waals surface area contributed by atoms with Crippen LogP contribution in [0.3, 0.4) is 0 Å². The molecule has 0 unspecified atom stereocenters. The summed E-state index contributed by atoms with van der Waals surface area (Å²) >= 11 is 1.75. The zero-order chi connectivity index (χ0) is 79.6. The van der Waals surface area contributed by atoms with Gasteiger partial charge in [0.1, 0.15) is 34.8 Å². The predicted molar refractivity (Wildman–Crippen MR) is 476 cm³/mol. The second-order valence-corrected chi connectivity index (χ2v) is 30.1. The van der Waals surface area contributed by atoms with Gasteiger partial charge in [0.05, 0.1) is 22.1 Å². The molecular formula is C105H62F2N8O3S. The van der Waals surface area contributed by atoms with Crippen molar-refractivity contribution in [2.45, 2.75) is 9.79 Å². The van der Waals surface area contributed by atoms with Crippen molar-refractivity contribution in [3.8, 4) is 102 Å². The molecule has 0 N–H and O–H groups in total. The Morgan fingerprint density at radius 1 is 0.361 bits per heavy atom. The molecule has 20 aromatic rings. The molecule has 560 valence electrons. The highest BCUT2D eigenvalue weighted by atomic mass is 32.2. The van der Waals surface area contributed by atoms with E-state index in [9.17, 15) is 5.26 Å². The number of nitrogens with zero attached hydrogens (tertiary/aromatic N) is 8. The van der Waals surface area contributed by atoms with E-state index >= 15 is 8.78 Å². The van der Waals surface area contributed by atoms with Crippen LogP contribution in [0.15, 0.2) is 354 Å². The van der Waals surface area contributed by atoms with Crippen LogP contribution in [-0.4, -0.2) is 28.9 Å². The molecule has 8 heterocycles. The molecule has 0 atom stereocenters. The fourth-order valence-corrected chi connectivity index (χ4v) is 17.7. The van der Waals surface area contributed by atoms with Crippen molar-refractivity contribution in [1.29, 1.82) is 5.26 Å². The number of rotatable bonds is 8. The van der Waals surface area contributed by atoms with Gasteiger partial charge in [-0.25, -0.2) is 8.78 Å². The fraction of sp³-hybridized carbons (Fsp3) is 0. The van der Waals surface area contributed by atoms with Gasteiger partial charge in [-0.15, -0.1) is 15.2 Å². The van der Waals surface area contributed by atoms with Gasteiger partial charge < -0.3 is 27.9 Å². The highest BCUT2D eigenvalue weighted by Crippen LogP contribution is 2.51. The van der Waals surface area contributed by atoms with Crippen LogP contribution in [0.25, 0.3) is 180 Å². The quantitative estimate of drug-likeness (QED) is 0.138. The topological polar surface area (TPSA) is 113 Å². The number of hydrogen-bond donors (Lipinski definition) is 0. The average Bonchev–Trinajstić information content (AvgIpc) is 1.59. The van der Waals surface area contributed by atoms with Crippen LogP contribution in [0.1, 0.15) is 39.1 Å². The van der Waals surface area contributed by atoms with Crippen LogP contribution >= 0.6 is 11.8 Å². The molecule has 3 aliphatic heterocycles. The molecular weight excluding hydrogens is 1490 g/mol. The van der Waals surface area contributed by atoms with Crippen molar-refractivity contribution in [3.63, 3.8) is 0 Å². The number of nitriles is 1. The first-order valence-electron chi connectivity index (χ1n) is 38.8. The number of hydrogen-bond acceptors (Lipinski definition) is 8. The monoisotopic (exact) mass is 1550 g/mol. The summed E-state index contributed by atoms with van der Waals surface area (Å²) in [6, 6.07) is 114. The number of benzene rings is 15. The lowest BCUT2D eigenvalue weighted by Crippen LogP contribution is -2.02. The van der Waals surface area contributed by atoms with Gasteiger partial charge in [-0.1, -0.05) is 291 Å². The van der Waals surface area contributed by atoms with Crippen molar-refractivity contribution in [3.05, 3.63) is 402 Å². The molecule has 0 saturated carbocycles. The molecule has 0 spiro atoms. The zero-order valence-corrected chi connectivity index (χ0v) is 64.1. The molecule has 119 heavy (non-hydrogen) atoms. The summed E-state index contributed by atoms with van der Waals surface area (Å²) in [5, 5.41) is 25.4. The molecule has 11 nitrogen and oxygen atoms in total. The maximum Gasteiger partial charge on any atom is 0.273 e. The molecule has 0 fully saturated rings. The van der Waals surface area contributed by atoms with Gasteiger partial charge in [0.15, 0.2) is 28.7 Å². The fourth-order valence-electron chi connectivity index (χ4n) is 16.5. The van der Waals surface area contributed by atoms with E-state index < -0.39 is 0 Å². The van der Waals surface area contributed by atoms with Crippen molar-refractivity contribution in [1.82, 2.24) is 28.9 Å². The zero-order valence-electron chi connectivity index (χ0n) is 63.3. The predicted octanol–water partition coefficient (Wildman–Crippen LogP) is 28.4. The lowest BCUT2D eigenvalue weighted by molar-refractivity contribution is 0.477. The third-order valence-corrected chi connectivity index (χ3v) is 23.2. The molecule has 3 aliphatic rings. The average molecular weight is 1550 g/mol. The Bertz CT molecular complexity index is 7560. The van der Waals surface area contributed by atoms with E-state index in [1.165, 1.54) is 28.0 Å². The van der Waals surface area contributed by atoms with E-state index in [1.807, 2.05) is 146 Å². The number of ether oxygens (including phenoxy) is 2. The Morgan fingerprint density at radius 2 is 0.849 bits per heavy atom. The molecule has 0 amide bonds. The molecule has 0 aliphatic carbocycles. The van der Waals surface area contributed by atoms with Crippen molar-refractivity contribution < 1.29 is 22.7 Å². The van der Waals surface area contributed by atoms with E-state index in [0.717, 1.165) is 150 Å². The minimum absolute atomic E-state index is 0.213. The van der Waals surface area contributed by atoms with Crippen molar-refractivity contribution >= 4 is 120 Å². The first kappa shape index (κ1) is 70.8. The van der Waals surface area contributed by atoms with Gasteiger partial charge in [-0.2, -0.15) is 5.26 Å². The largest absolute Gasteiger partial charge is 0.454 e. The Morgan fingerprint density at radius 3 is 1.50 bits per heavy atom. The third kappa shape index (κ3) is 12.6. The molecule has 23 rings (SSSR count). The maximum absolute atomic E-state index is 15.0. The summed E-state index contributed by atoms with van der Waals surface area (Å²) in [5.41, 5.74) is 20.7. The molecule has 0 bridgehead atoms. The van der Waals surface area contributed by atoms with Crippen LogP contribution in [0.4, 0.5) is 14.6 Å². The summed E-state index contributed by atoms with van der Waals surface area (Å²) in [5.74, 6) is 4.09. The number of pyridine rings is 1. The normalized spacial score (nSPS) is 12.1. The van der Waals surface area contributed by atoms with Crippen LogP contribution in [0.5, 0.6) is 23.0 Å². The number of para-hydroxylation sites is 5. The summed E-state index contributed by atoms with van der Waals surface area (Å²) in [6.07, 6.45) is 12.6. The molecule has 5 aromatic heterocycles. The SMILES string of the molecule is C1=Cc2ccc3c4ccccc4n(-c4ccc(-n5c(-c6ccccc6)nnc5-c5ccccc5)cc4)c3c2Oc2ccccc21.Fc1ccccc1-c1cc(-c2ccccc2F)cc(-c2cccc3c2Oc2c(ccc4c2oc2ccccc24)C=C3)c1.[C-]#[N+]c1cc(-n2c3ccccc3c3ccc4c(c32)Sc2ccccc2C=C4)cc(C#N)n1. The van der Waals surface area contributed by atoms with Crippen LogP contribution in [0, 0.1) is 29.5 Å². The summed E-state index contributed by atoms with van der Waals surface area (Å²) in [6.45, 7) is 7.46. The Hall–Kier alpha value is -16.0. The summed E-state index contributed by atoms with van der Waals surface area (Å²) in [4.78, 5) is 9.98. The van der Waals surface area contributed by atoms with Gasteiger partial charge in [-0.3, -0.25) is 4.57 Å². The van der Waals surface area contributed by atoms with Gasteiger partial charge in [0.2, 0.25) is 5.69 Å². The third-order valence-electron chi connectivity index (χ3n) is 22.0. The first-order valence-corrected chi connectivity index (χ1v) is 39.6. The van der Waals surface area contributed by atoms with E-state index in [4.69, 9.17) is 20.5 Å². The van der Waals surface area contributed by atoms with Crippen LogP contribution < -0.4 is 9.47 Å². The summed E-state index contributed by atoms with van der Waals surface area (Å²) in [7, 11) is 0. The van der Waals surface area contributed by atoms with Gasteiger partial charge >= 0.3 is 0 Å². The summed E-state index contributed by atoms with van der Waals surface area (Å²) < 4.78 is 56.5. The number of aromatic nitrogens is 6. The lowest BCUT2D eigenvalue weighted by Gasteiger charge is -2.17. The Labute approximate surface area is 685 Å². The Kier molecular flexibility index (Phi) is 17.7. The molecule has 0 radical (unpaired) electrons. The van der Waals surface area contributed by atoms with Crippen LogP contribution in [0.2, 0.25) is 0 Å². The van der Waals surface area contributed by atoms with Gasteiger partial charge in [-0.05, 0) is 125 Å². The maximum atomic E-state index is 15.0. The van der Waals surface area contributed by atoms with Crippen molar-refractivity contribution in [2.75, 3.05) is 0 Å². The number of halogens is 2. The van der Waals surface area contributed by atoms with E-state index in [0.29, 0.717) is 39.3 Å². The standard InChI is InChI=1S/C40H26N4O.C38H22F2O2.C27H14N4S/c1-3-12-29(13-4-1)39-41-42-40(30-14-5-2-6-15-30)44(39)32-24-22-31(23-25-32)43-35-17-9-8-16-33(35)34-26-21-28-20-19-27-11-7-10-18-36(27)45-38(28)37(34)43;39-33-13-4-1-9-28(33)25-20-26(29-10-2-5-14-34(29)40)22-27(21-25)30-12-7-8-23-16-17-24-18-19-32-31-11-3-6-15-35(31)41-38(32)37(24)42-36(23)30;1-29-25-15-20(14-19(16-28)30-25)31-23-8-4-3-7-21(23)22-13-12-18-11-10-17-6-2-5-9-24(17)32-27(18)26(22)31/h1-26H;1-22H;2-15H. The van der Waals surface area contributed by atoms with Crippen LogP contribution in [-0.2, 0) is 0 Å². The number of fused-ring (bicyclic) bond motifs is 18. The number of furan rings is 1. The lowest BCUT2D eigenvalue weighted by atomic mass is 9.92. The van der Waals surface area contributed by atoms with E-state index in [2.05, 4.69) is 210 Å². The first-order chi connectivity index (χ1) is 58.7. The molecule has 15 aromatic carbocycles. The second kappa shape index (κ2) is 29.8. The van der Waals surface area contributed by atoms with E-state index in [-0.39, 0.29) is 23.1 Å². The van der Waals surface area contributed by atoms with Gasteiger partial charge in [0, 0.05) is 115 Å². The highest BCUT2D eigenvalue weighted by Gasteiger charge is 2.28. The molecule has 14 heteroatoms. The van der Waals surface area contributed by atoms with E-state index in [1.54, 1.807) is 60.3 Å². The Balaban J connectivity index is 0.000000112. The minimum atomic E-state index is -0.346. The van der Waals surface area contributed by atoms with Gasteiger partial charge in [0.25, 0.3) is 5.82 Å². The molecule has 0 saturated heterocycles. The highest BCUT2D eigenvalue weighted by molar-refractivity contribution is 7.99. The smallest absolute Gasteiger partial charge is 0.273 e. The minimum Gasteiger partial charge on any atom is -0.454 e. The second-order valence-electron chi connectivity index (χ2n) is 29.0.